The minimum Gasteiger partial charge on any atom is -0.375 e. The smallest absolute Gasteiger partial charge is 0.184 e. The lowest BCUT2D eigenvalue weighted by Gasteiger charge is -2.59. The van der Waals surface area contributed by atoms with E-state index in [9.17, 15) is 0 Å². The Kier molecular flexibility index (Phi) is 4.02. The summed E-state index contributed by atoms with van der Waals surface area (Å²) in [5, 5.41) is 4.89. The number of rotatable bonds is 1. The Morgan fingerprint density at radius 3 is 2.83 bits per heavy atom. The van der Waals surface area contributed by atoms with Gasteiger partial charge in [0.25, 0.3) is 0 Å². The molecule has 0 heterocycles. The SMILES string of the molecule is C[C@]12CCC3C(CC[C@H]4CC=CC[C@]34C)C1CCC2=NNC(N)=S. The highest BCUT2D eigenvalue weighted by molar-refractivity contribution is 7.80. The minimum atomic E-state index is 0.257. The highest BCUT2D eigenvalue weighted by Crippen LogP contribution is 2.64. The summed E-state index contributed by atoms with van der Waals surface area (Å²) < 4.78 is 0. The fourth-order valence-electron chi connectivity index (χ4n) is 6.93. The maximum Gasteiger partial charge on any atom is 0.184 e. The molecular formula is C20H31N3S. The Bertz CT molecular complexity index is 598. The number of thiocarbonyl (C=S) groups is 1. The third kappa shape index (κ3) is 2.36. The molecule has 0 radical (unpaired) electrons. The molecule has 3 N–H and O–H groups in total. The molecule has 0 saturated heterocycles. The molecule has 132 valence electrons. The predicted molar refractivity (Wildman–Crippen MR) is 104 cm³/mol. The van der Waals surface area contributed by atoms with Gasteiger partial charge in [0.15, 0.2) is 5.11 Å². The molecule has 0 aromatic heterocycles. The van der Waals surface area contributed by atoms with Gasteiger partial charge in [0.05, 0.1) is 0 Å². The lowest BCUT2D eigenvalue weighted by atomic mass is 9.46. The third-order valence-corrected chi connectivity index (χ3v) is 8.34. The first-order valence-corrected chi connectivity index (χ1v) is 10.1. The maximum absolute atomic E-state index is 5.59. The van der Waals surface area contributed by atoms with Crippen LogP contribution in [0, 0.1) is 34.5 Å². The number of nitrogens with one attached hydrogen (secondary N) is 1. The molecule has 3 unspecified atom stereocenters. The van der Waals surface area contributed by atoms with Gasteiger partial charge in [0.1, 0.15) is 0 Å². The van der Waals surface area contributed by atoms with Crippen LogP contribution < -0.4 is 11.2 Å². The van der Waals surface area contributed by atoms with Crippen molar-refractivity contribution in [2.24, 2.45) is 45.3 Å². The summed E-state index contributed by atoms with van der Waals surface area (Å²) in [6.45, 7) is 5.05. The molecule has 3 saturated carbocycles. The molecule has 3 fully saturated rings. The Labute approximate surface area is 151 Å². The highest BCUT2D eigenvalue weighted by Gasteiger charge is 2.58. The van der Waals surface area contributed by atoms with Crippen molar-refractivity contribution in [1.82, 2.24) is 5.43 Å². The van der Waals surface area contributed by atoms with Crippen LogP contribution in [0.4, 0.5) is 0 Å². The zero-order valence-electron chi connectivity index (χ0n) is 15.1. The molecule has 0 amide bonds. The van der Waals surface area contributed by atoms with Gasteiger partial charge >= 0.3 is 0 Å². The molecule has 0 spiro atoms. The molecule has 4 heteroatoms. The van der Waals surface area contributed by atoms with Crippen LogP contribution in [0.2, 0.25) is 0 Å². The largest absolute Gasteiger partial charge is 0.375 e. The monoisotopic (exact) mass is 345 g/mol. The van der Waals surface area contributed by atoms with Crippen molar-refractivity contribution >= 4 is 23.0 Å². The summed E-state index contributed by atoms with van der Waals surface area (Å²) >= 11 is 4.94. The number of allylic oxidation sites excluding steroid dienone is 2. The molecule has 4 aliphatic carbocycles. The molecule has 4 rings (SSSR count). The van der Waals surface area contributed by atoms with Crippen molar-refractivity contribution in [2.45, 2.75) is 65.2 Å². The van der Waals surface area contributed by atoms with Gasteiger partial charge in [-0.3, -0.25) is 5.43 Å². The molecule has 0 aromatic rings. The quantitative estimate of drug-likeness (QED) is 0.421. The minimum absolute atomic E-state index is 0.257. The Balaban J connectivity index is 1.60. The van der Waals surface area contributed by atoms with Gasteiger partial charge in [-0.1, -0.05) is 26.0 Å². The first kappa shape index (κ1) is 16.6. The molecule has 24 heavy (non-hydrogen) atoms. The van der Waals surface area contributed by atoms with Gasteiger partial charge in [-0.05, 0) is 92.7 Å². The van der Waals surface area contributed by atoms with E-state index in [1.807, 2.05) is 0 Å². The number of hydrogen-bond donors (Lipinski definition) is 2. The van der Waals surface area contributed by atoms with E-state index in [1.165, 1.54) is 50.7 Å². The number of hydrogen-bond acceptors (Lipinski definition) is 2. The second kappa shape index (κ2) is 5.82. The summed E-state index contributed by atoms with van der Waals surface area (Å²) in [6, 6.07) is 0. The summed E-state index contributed by atoms with van der Waals surface area (Å²) in [4.78, 5) is 0. The number of nitrogens with two attached hydrogens (primary N) is 1. The summed E-state index contributed by atoms with van der Waals surface area (Å²) in [5.74, 6) is 3.50. The topological polar surface area (TPSA) is 50.4 Å². The van der Waals surface area contributed by atoms with Gasteiger partial charge in [0, 0.05) is 11.1 Å². The van der Waals surface area contributed by atoms with E-state index in [0.29, 0.717) is 5.41 Å². The van der Waals surface area contributed by atoms with E-state index >= 15 is 0 Å². The highest BCUT2D eigenvalue weighted by atomic mass is 32.1. The van der Waals surface area contributed by atoms with Crippen LogP contribution in [0.3, 0.4) is 0 Å². The molecule has 0 bridgehead atoms. The van der Waals surface area contributed by atoms with Gasteiger partial charge in [-0.15, -0.1) is 0 Å². The van der Waals surface area contributed by atoms with Crippen molar-refractivity contribution < 1.29 is 0 Å². The van der Waals surface area contributed by atoms with Crippen LogP contribution in [0.15, 0.2) is 17.3 Å². The van der Waals surface area contributed by atoms with Crippen LogP contribution in [0.5, 0.6) is 0 Å². The second-order valence-electron chi connectivity index (χ2n) is 9.10. The summed E-state index contributed by atoms with van der Waals surface area (Å²) in [7, 11) is 0. The maximum atomic E-state index is 5.59. The number of hydrazone groups is 1. The van der Waals surface area contributed by atoms with Crippen molar-refractivity contribution in [3.8, 4) is 0 Å². The van der Waals surface area contributed by atoms with Crippen molar-refractivity contribution in [2.75, 3.05) is 0 Å². The van der Waals surface area contributed by atoms with E-state index in [2.05, 4.69) is 36.5 Å². The van der Waals surface area contributed by atoms with Crippen molar-refractivity contribution in [3.05, 3.63) is 12.2 Å². The number of nitrogens with zero attached hydrogens (tertiary/aromatic N) is 1. The van der Waals surface area contributed by atoms with Crippen LogP contribution in [-0.4, -0.2) is 10.8 Å². The van der Waals surface area contributed by atoms with E-state index in [4.69, 9.17) is 18.0 Å². The molecular weight excluding hydrogens is 314 g/mol. The Hall–Kier alpha value is -0.900. The van der Waals surface area contributed by atoms with Gasteiger partial charge in [-0.2, -0.15) is 5.10 Å². The predicted octanol–water partition coefficient (Wildman–Crippen LogP) is 4.38. The summed E-state index contributed by atoms with van der Waals surface area (Å²) in [6.07, 6.45) is 15.4. The van der Waals surface area contributed by atoms with E-state index < -0.39 is 0 Å². The molecule has 0 aromatic carbocycles. The molecule has 4 aliphatic rings. The van der Waals surface area contributed by atoms with Gasteiger partial charge in [-0.25, -0.2) is 0 Å². The Morgan fingerprint density at radius 1 is 1.21 bits per heavy atom. The third-order valence-electron chi connectivity index (χ3n) is 8.25. The van der Waals surface area contributed by atoms with Gasteiger partial charge in [0.2, 0.25) is 0 Å². The van der Waals surface area contributed by atoms with Crippen LogP contribution in [0.25, 0.3) is 0 Å². The van der Waals surface area contributed by atoms with Crippen LogP contribution in [-0.2, 0) is 0 Å². The van der Waals surface area contributed by atoms with E-state index in [1.54, 1.807) is 0 Å². The average Bonchev–Trinajstić information content (AvgIpc) is 2.89. The fraction of sp³-hybridized carbons (Fsp3) is 0.800. The zero-order chi connectivity index (χ0) is 16.9. The standard InChI is InChI=1S/C20H31N3S/c1-19-11-4-3-5-13(19)6-7-14-15-8-9-17(22-23-18(21)24)20(15,2)12-10-16(14)19/h3-4,13-16H,5-12H2,1-2H3,(H3,21,23,24)/t13-,14?,15?,16?,19+,20+/m1/s1. The lowest BCUT2D eigenvalue weighted by molar-refractivity contribution is -0.0761. The zero-order valence-corrected chi connectivity index (χ0v) is 15.9. The first-order chi connectivity index (χ1) is 11.4. The average molecular weight is 346 g/mol. The van der Waals surface area contributed by atoms with E-state index in [-0.39, 0.29) is 10.5 Å². The first-order valence-electron chi connectivity index (χ1n) is 9.72. The second-order valence-corrected chi connectivity index (χ2v) is 9.54. The Morgan fingerprint density at radius 2 is 2.04 bits per heavy atom. The van der Waals surface area contributed by atoms with Crippen molar-refractivity contribution in [3.63, 3.8) is 0 Å². The number of fused-ring (bicyclic) bond motifs is 5. The van der Waals surface area contributed by atoms with Crippen LogP contribution >= 0.6 is 12.2 Å². The van der Waals surface area contributed by atoms with Gasteiger partial charge < -0.3 is 5.73 Å². The normalized spacial score (nSPS) is 48.5. The lowest BCUT2D eigenvalue weighted by Crippen LogP contribution is -2.52. The summed E-state index contributed by atoms with van der Waals surface area (Å²) in [5.41, 5.74) is 10.6. The fourth-order valence-corrected chi connectivity index (χ4v) is 6.98. The molecule has 6 atom stereocenters. The van der Waals surface area contributed by atoms with E-state index in [0.717, 1.165) is 30.1 Å². The van der Waals surface area contributed by atoms with Crippen molar-refractivity contribution in [1.29, 1.82) is 0 Å². The molecule has 0 aliphatic heterocycles. The molecule has 3 nitrogen and oxygen atoms in total. The van der Waals surface area contributed by atoms with Crippen LogP contribution in [0.1, 0.15) is 65.2 Å².